The molecule has 36 heavy (non-hydrogen) atoms. The van der Waals surface area contributed by atoms with E-state index in [2.05, 4.69) is 14.7 Å². The summed E-state index contributed by atoms with van der Waals surface area (Å²) in [6.45, 7) is 1.35. The lowest BCUT2D eigenvalue weighted by Crippen LogP contribution is -2.54. The van der Waals surface area contributed by atoms with Crippen LogP contribution in [-0.2, 0) is 26.0 Å². The zero-order valence-electron chi connectivity index (χ0n) is 19.0. The highest BCUT2D eigenvalue weighted by atomic mass is 32.2. The third kappa shape index (κ3) is 5.65. The number of hydrogen-bond donors (Lipinski definition) is 0. The first kappa shape index (κ1) is 26.4. The summed E-state index contributed by atoms with van der Waals surface area (Å²) in [5.41, 5.74) is 0.421. The third-order valence-corrected chi connectivity index (χ3v) is 8.26. The maximum Gasteiger partial charge on any atom is 0.522 e. The number of aryl methyl sites for hydroxylation is 1. The molecule has 1 aromatic heterocycles. The van der Waals surface area contributed by atoms with Crippen LogP contribution in [-0.4, -0.2) is 72.3 Å². The number of alkyl halides is 4. The number of ketones is 1. The van der Waals surface area contributed by atoms with Crippen molar-refractivity contribution in [3.63, 3.8) is 0 Å². The van der Waals surface area contributed by atoms with Crippen LogP contribution < -0.4 is 4.90 Å². The third-order valence-electron chi connectivity index (χ3n) is 6.25. The first-order valence-corrected chi connectivity index (χ1v) is 12.6. The molecule has 0 amide bonds. The first-order valence-electron chi connectivity index (χ1n) is 11.1. The summed E-state index contributed by atoms with van der Waals surface area (Å²) in [6.07, 6.45) is -6.41. The van der Waals surface area contributed by atoms with E-state index in [9.17, 15) is 35.2 Å². The highest BCUT2D eigenvalue weighted by Crippen LogP contribution is 2.34. The summed E-state index contributed by atoms with van der Waals surface area (Å²) in [4.78, 5) is 22.4. The smallest absolute Gasteiger partial charge is 0.351 e. The van der Waals surface area contributed by atoms with Gasteiger partial charge in [0.05, 0.1) is 17.0 Å². The molecule has 0 bridgehead atoms. The number of halogens is 5. The largest absolute Gasteiger partial charge is 0.522 e. The zero-order chi connectivity index (χ0) is 26.3. The molecule has 0 N–H and O–H groups in total. The SMILES string of the molecule is C[C@H]1[C@H](F)C[C@@H](C(=O)CCc2cc(N3CC(OC(F)(F)F)C3)ncn2)N1S(=O)(=O)c1ccc(F)cc1. The molecule has 1 aromatic carbocycles. The Bertz CT molecular complexity index is 1210. The van der Waals surface area contributed by atoms with E-state index >= 15 is 0 Å². The lowest BCUT2D eigenvalue weighted by molar-refractivity contribution is -0.344. The molecule has 2 aromatic rings. The van der Waals surface area contributed by atoms with Crippen molar-refractivity contribution in [3.05, 3.63) is 48.2 Å². The predicted octanol–water partition coefficient (Wildman–Crippen LogP) is 3.03. The molecule has 0 radical (unpaired) electrons. The second-order valence-corrected chi connectivity index (χ2v) is 10.6. The van der Waals surface area contributed by atoms with Crippen molar-refractivity contribution in [2.75, 3.05) is 18.0 Å². The number of anilines is 1. The fourth-order valence-corrected chi connectivity index (χ4v) is 6.18. The van der Waals surface area contributed by atoms with Crippen molar-refractivity contribution < 1.29 is 39.9 Å². The average molecular weight is 535 g/mol. The molecule has 2 fully saturated rings. The quantitative estimate of drug-likeness (QED) is 0.481. The molecule has 14 heteroatoms. The summed E-state index contributed by atoms with van der Waals surface area (Å²) in [7, 11) is -4.27. The number of Topliss-reactive ketones (excluding diaryl/α,β-unsaturated/α-hetero) is 1. The molecule has 0 aliphatic carbocycles. The number of nitrogens with zero attached hydrogens (tertiary/aromatic N) is 4. The van der Waals surface area contributed by atoms with Gasteiger partial charge in [-0.25, -0.2) is 27.2 Å². The van der Waals surface area contributed by atoms with Crippen molar-refractivity contribution in [1.29, 1.82) is 0 Å². The Morgan fingerprint density at radius 3 is 2.47 bits per heavy atom. The Labute approximate surface area is 204 Å². The van der Waals surface area contributed by atoms with Crippen LogP contribution in [0, 0.1) is 5.82 Å². The Hall–Kier alpha value is -2.71. The van der Waals surface area contributed by atoms with Crippen LogP contribution in [0.2, 0.25) is 0 Å². The summed E-state index contributed by atoms with van der Waals surface area (Å²) < 4.78 is 95.8. The molecule has 3 atom stereocenters. The van der Waals surface area contributed by atoms with Gasteiger partial charge in [0.1, 0.15) is 30.2 Å². The van der Waals surface area contributed by atoms with E-state index in [0.717, 1.165) is 28.6 Å². The van der Waals surface area contributed by atoms with Crippen LogP contribution in [0.1, 0.15) is 25.5 Å². The van der Waals surface area contributed by atoms with Crippen LogP contribution in [0.4, 0.5) is 27.8 Å². The van der Waals surface area contributed by atoms with Crippen LogP contribution in [0.15, 0.2) is 41.6 Å². The fourth-order valence-electron chi connectivity index (χ4n) is 4.35. The second-order valence-electron chi connectivity index (χ2n) is 8.72. The van der Waals surface area contributed by atoms with Gasteiger partial charge in [0, 0.05) is 37.7 Å². The van der Waals surface area contributed by atoms with Crippen LogP contribution in [0.25, 0.3) is 0 Å². The normalized spacial score (nSPS) is 23.6. The van der Waals surface area contributed by atoms with Crippen molar-refractivity contribution in [1.82, 2.24) is 14.3 Å². The second kappa shape index (κ2) is 9.98. The topological polar surface area (TPSA) is 92.7 Å². The monoisotopic (exact) mass is 534 g/mol. The van der Waals surface area contributed by atoms with Crippen LogP contribution >= 0.6 is 0 Å². The molecule has 0 unspecified atom stereocenters. The van der Waals surface area contributed by atoms with E-state index < -0.39 is 52.3 Å². The Morgan fingerprint density at radius 2 is 1.83 bits per heavy atom. The van der Waals surface area contributed by atoms with Crippen molar-refractivity contribution in [2.24, 2.45) is 0 Å². The summed E-state index contributed by atoms with van der Waals surface area (Å²) in [5, 5.41) is 0. The zero-order valence-corrected chi connectivity index (χ0v) is 19.8. The maximum absolute atomic E-state index is 14.5. The molecule has 4 rings (SSSR count). The lowest BCUT2D eigenvalue weighted by atomic mass is 10.0. The van der Waals surface area contributed by atoms with Crippen molar-refractivity contribution >= 4 is 21.6 Å². The van der Waals surface area contributed by atoms with Gasteiger partial charge in [-0.2, -0.15) is 4.31 Å². The number of rotatable bonds is 8. The number of carbonyl (C=O) groups excluding carboxylic acids is 1. The summed E-state index contributed by atoms with van der Waals surface area (Å²) in [5.74, 6) is -0.769. The Morgan fingerprint density at radius 1 is 1.17 bits per heavy atom. The van der Waals surface area contributed by atoms with Crippen molar-refractivity contribution in [2.45, 2.75) is 61.8 Å². The van der Waals surface area contributed by atoms with Gasteiger partial charge in [0.25, 0.3) is 0 Å². The number of carbonyl (C=O) groups is 1. The fraction of sp³-hybridized carbons (Fsp3) is 0.500. The number of sulfonamides is 1. The molecule has 0 spiro atoms. The Kier molecular flexibility index (Phi) is 7.30. The number of aromatic nitrogens is 2. The molecule has 8 nitrogen and oxygen atoms in total. The standard InChI is InChI=1S/C22H23F5N4O4S/c1-13-18(24)9-19(31(13)36(33,34)17-5-2-14(23)3-6-17)20(32)7-4-15-8-21(29-12-28-15)30-10-16(11-30)35-22(25,26)27/h2-3,5-6,8,12-13,16,18-19H,4,7,9-11H2,1H3/t13-,18+,19-/m0/s1. The van der Waals surface area contributed by atoms with Gasteiger partial charge >= 0.3 is 6.36 Å². The van der Waals surface area contributed by atoms with Gasteiger partial charge in [0.15, 0.2) is 5.78 Å². The minimum atomic E-state index is -4.72. The molecule has 2 aliphatic rings. The molecule has 2 saturated heterocycles. The van der Waals surface area contributed by atoms with E-state index in [1.165, 1.54) is 19.3 Å². The number of ether oxygens (including phenoxy) is 1. The van der Waals surface area contributed by atoms with Crippen molar-refractivity contribution in [3.8, 4) is 0 Å². The number of benzene rings is 1. The molecule has 3 heterocycles. The number of hydrogen-bond acceptors (Lipinski definition) is 7. The predicted molar refractivity (Wildman–Crippen MR) is 117 cm³/mol. The summed E-state index contributed by atoms with van der Waals surface area (Å²) >= 11 is 0. The Balaban J connectivity index is 1.41. The van der Waals surface area contributed by atoms with E-state index in [0.29, 0.717) is 11.5 Å². The average Bonchev–Trinajstić information content (AvgIpc) is 3.09. The van der Waals surface area contributed by atoms with Gasteiger partial charge in [-0.05, 0) is 37.6 Å². The highest BCUT2D eigenvalue weighted by Gasteiger charge is 2.48. The van der Waals surface area contributed by atoms with Crippen LogP contribution in [0.5, 0.6) is 0 Å². The van der Waals surface area contributed by atoms with Gasteiger partial charge < -0.3 is 4.90 Å². The maximum atomic E-state index is 14.5. The van der Waals surface area contributed by atoms with E-state index in [1.54, 1.807) is 4.90 Å². The molecule has 196 valence electrons. The molecule has 2 aliphatic heterocycles. The van der Waals surface area contributed by atoms with E-state index in [4.69, 9.17) is 0 Å². The van der Waals surface area contributed by atoms with E-state index in [-0.39, 0.29) is 37.2 Å². The highest BCUT2D eigenvalue weighted by molar-refractivity contribution is 7.89. The molecule has 0 saturated carbocycles. The van der Waals surface area contributed by atoms with Gasteiger partial charge in [-0.3, -0.25) is 9.53 Å². The molecular formula is C22H23F5N4O4S. The lowest BCUT2D eigenvalue weighted by Gasteiger charge is -2.39. The minimum Gasteiger partial charge on any atom is -0.351 e. The van der Waals surface area contributed by atoms with E-state index in [1.807, 2.05) is 0 Å². The minimum absolute atomic E-state index is 0.0110. The van der Waals surface area contributed by atoms with Crippen LogP contribution in [0.3, 0.4) is 0 Å². The summed E-state index contributed by atoms with van der Waals surface area (Å²) in [6, 6.07) is 3.28. The van der Waals surface area contributed by atoms with Gasteiger partial charge in [-0.15, -0.1) is 13.2 Å². The molecular weight excluding hydrogens is 511 g/mol. The van der Waals surface area contributed by atoms with Gasteiger partial charge in [-0.1, -0.05) is 0 Å². The first-order chi connectivity index (χ1) is 16.8. The van der Waals surface area contributed by atoms with Gasteiger partial charge in [0.2, 0.25) is 10.0 Å².